The number of hydrogen-bond acceptors (Lipinski definition) is 2. The Morgan fingerprint density at radius 2 is 1.38 bits per heavy atom. The minimum absolute atomic E-state index is 0.0368. The molecular weight excluding hydrogens is 204 g/mol. The Morgan fingerprint density at radius 3 is 1.62 bits per heavy atom. The van der Waals surface area contributed by atoms with Crippen molar-refractivity contribution in [3.8, 4) is 0 Å². The van der Waals surface area contributed by atoms with Crippen LogP contribution in [0.2, 0.25) is 0 Å². The molecule has 0 bridgehead atoms. The molecule has 1 saturated heterocycles. The molecule has 0 aromatic heterocycles. The van der Waals surface area contributed by atoms with Gasteiger partial charge in [0.05, 0.1) is 0 Å². The van der Waals surface area contributed by atoms with Crippen molar-refractivity contribution < 1.29 is 9.59 Å². The van der Waals surface area contributed by atoms with Gasteiger partial charge in [-0.05, 0) is 40.5 Å². The topological polar surface area (TPSA) is 40.6 Å². The highest BCUT2D eigenvalue weighted by molar-refractivity contribution is 6.10. The van der Waals surface area contributed by atoms with Gasteiger partial charge in [0.15, 0.2) is 0 Å². The van der Waals surface area contributed by atoms with Gasteiger partial charge in [-0.15, -0.1) is 0 Å². The highest BCUT2D eigenvalue weighted by Crippen LogP contribution is 2.53. The zero-order valence-electron chi connectivity index (χ0n) is 10.5. The fourth-order valence-electron chi connectivity index (χ4n) is 2.86. The lowest BCUT2D eigenvalue weighted by Crippen LogP contribution is -2.69. The summed E-state index contributed by atoms with van der Waals surface area (Å²) in [6, 6.07) is 0. The molecule has 0 unspecified atom stereocenters. The number of nitrogens with zero attached hydrogens (tertiary/aromatic N) is 2. The molecule has 0 aromatic carbocycles. The molecule has 16 heavy (non-hydrogen) atoms. The van der Waals surface area contributed by atoms with Crippen LogP contribution in [0.25, 0.3) is 0 Å². The molecular formula is C12H20N2O2. The zero-order chi connectivity index (χ0) is 12.1. The minimum atomic E-state index is -0.679. The molecule has 4 nitrogen and oxygen atoms in total. The second-order valence-electron chi connectivity index (χ2n) is 5.18. The van der Waals surface area contributed by atoms with Gasteiger partial charge in [-0.1, -0.05) is 0 Å². The number of carbonyl (C=O) groups is 2. The van der Waals surface area contributed by atoms with Crippen molar-refractivity contribution in [2.75, 3.05) is 13.1 Å². The van der Waals surface area contributed by atoms with E-state index in [1.54, 1.807) is 0 Å². The van der Waals surface area contributed by atoms with Crippen LogP contribution in [0.15, 0.2) is 0 Å². The highest BCUT2D eigenvalue weighted by atomic mass is 16.2. The molecule has 2 aliphatic rings. The van der Waals surface area contributed by atoms with Crippen LogP contribution in [0.5, 0.6) is 0 Å². The molecule has 1 aliphatic heterocycles. The summed E-state index contributed by atoms with van der Waals surface area (Å²) in [5.41, 5.74) is -1.16. The minimum Gasteiger partial charge on any atom is -0.319 e. The second kappa shape index (κ2) is 3.22. The fraction of sp³-hybridized carbons (Fsp3) is 0.833. The van der Waals surface area contributed by atoms with Gasteiger partial charge in [-0.2, -0.15) is 0 Å². The van der Waals surface area contributed by atoms with Crippen LogP contribution in [0.4, 0.5) is 0 Å². The van der Waals surface area contributed by atoms with E-state index in [1.807, 2.05) is 37.5 Å². The van der Waals surface area contributed by atoms with Gasteiger partial charge in [-0.25, -0.2) is 0 Å². The standard InChI is InChI=1S/C12H20N2O2/c1-5-13-9(15)12(7-8-12)10(16)14(6-2)11(13,3)4/h5-8H2,1-4H3. The lowest BCUT2D eigenvalue weighted by molar-refractivity contribution is -0.177. The molecule has 1 saturated carbocycles. The molecule has 90 valence electrons. The summed E-state index contributed by atoms with van der Waals surface area (Å²) in [6.07, 6.45) is 1.46. The van der Waals surface area contributed by atoms with E-state index >= 15 is 0 Å². The van der Waals surface area contributed by atoms with Crippen LogP contribution >= 0.6 is 0 Å². The van der Waals surface area contributed by atoms with E-state index in [9.17, 15) is 9.59 Å². The summed E-state index contributed by atoms with van der Waals surface area (Å²) < 4.78 is 0. The molecule has 2 amide bonds. The molecule has 0 atom stereocenters. The van der Waals surface area contributed by atoms with Crippen LogP contribution in [-0.4, -0.2) is 40.4 Å². The number of carbonyl (C=O) groups excluding carboxylic acids is 2. The maximum Gasteiger partial charge on any atom is 0.240 e. The summed E-state index contributed by atoms with van der Waals surface area (Å²) in [4.78, 5) is 28.3. The molecule has 2 rings (SSSR count). The first-order valence-corrected chi connectivity index (χ1v) is 6.06. The molecule has 1 aliphatic carbocycles. The van der Waals surface area contributed by atoms with Gasteiger partial charge in [0.2, 0.25) is 11.8 Å². The van der Waals surface area contributed by atoms with Gasteiger partial charge < -0.3 is 9.80 Å². The summed E-state index contributed by atoms with van der Waals surface area (Å²) >= 11 is 0. The van der Waals surface area contributed by atoms with Gasteiger partial charge >= 0.3 is 0 Å². The lowest BCUT2D eigenvalue weighted by Gasteiger charge is -2.52. The van der Waals surface area contributed by atoms with E-state index in [0.29, 0.717) is 13.1 Å². The number of hydrogen-bond donors (Lipinski definition) is 0. The van der Waals surface area contributed by atoms with Crippen LogP contribution in [0, 0.1) is 5.41 Å². The zero-order valence-corrected chi connectivity index (χ0v) is 10.5. The van der Waals surface area contributed by atoms with Gasteiger partial charge in [0.1, 0.15) is 11.1 Å². The van der Waals surface area contributed by atoms with Crippen LogP contribution < -0.4 is 0 Å². The van der Waals surface area contributed by atoms with Crippen molar-refractivity contribution >= 4 is 11.8 Å². The van der Waals surface area contributed by atoms with Crippen molar-refractivity contribution in [1.82, 2.24) is 9.80 Å². The Morgan fingerprint density at radius 1 is 1.00 bits per heavy atom. The van der Waals surface area contributed by atoms with Crippen LogP contribution in [-0.2, 0) is 9.59 Å². The quantitative estimate of drug-likeness (QED) is 0.662. The van der Waals surface area contributed by atoms with Gasteiger partial charge in [0.25, 0.3) is 0 Å². The average Bonchev–Trinajstić information content (AvgIpc) is 2.97. The fourth-order valence-corrected chi connectivity index (χ4v) is 2.86. The molecule has 0 radical (unpaired) electrons. The Kier molecular flexibility index (Phi) is 2.30. The summed E-state index contributed by atoms with van der Waals surface area (Å²) in [5, 5.41) is 0. The first-order chi connectivity index (χ1) is 7.41. The molecule has 0 aromatic rings. The summed E-state index contributed by atoms with van der Waals surface area (Å²) in [5.74, 6) is 0.0735. The first kappa shape index (κ1) is 11.4. The SMILES string of the molecule is CCN1C(=O)C2(CC2)C(=O)N(CC)C1(C)C. The normalized spacial score (nSPS) is 26.5. The van der Waals surface area contributed by atoms with Crippen LogP contribution in [0.1, 0.15) is 40.5 Å². The molecule has 2 fully saturated rings. The average molecular weight is 224 g/mol. The Balaban J connectivity index is 2.43. The first-order valence-electron chi connectivity index (χ1n) is 6.06. The smallest absolute Gasteiger partial charge is 0.240 e. The third-order valence-corrected chi connectivity index (χ3v) is 4.01. The molecule has 4 heteroatoms. The monoisotopic (exact) mass is 224 g/mol. The van der Waals surface area contributed by atoms with Crippen molar-refractivity contribution in [3.05, 3.63) is 0 Å². The largest absolute Gasteiger partial charge is 0.319 e. The van der Waals surface area contributed by atoms with Crippen molar-refractivity contribution in [3.63, 3.8) is 0 Å². The van der Waals surface area contributed by atoms with E-state index in [0.717, 1.165) is 12.8 Å². The second-order valence-corrected chi connectivity index (χ2v) is 5.18. The predicted octanol–water partition coefficient (Wildman–Crippen LogP) is 1.21. The Labute approximate surface area is 96.6 Å². The highest BCUT2D eigenvalue weighted by Gasteiger charge is 2.65. The predicted molar refractivity (Wildman–Crippen MR) is 60.5 cm³/mol. The van der Waals surface area contributed by atoms with Crippen molar-refractivity contribution in [2.24, 2.45) is 5.41 Å². The van der Waals surface area contributed by atoms with E-state index in [-0.39, 0.29) is 11.8 Å². The maximum atomic E-state index is 12.3. The van der Waals surface area contributed by atoms with Crippen LogP contribution in [0.3, 0.4) is 0 Å². The van der Waals surface area contributed by atoms with E-state index < -0.39 is 11.1 Å². The number of rotatable bonds is 2. The Hall–Kier alpha value is -1.06. The Bertz CT molecular complexity index is 317. The third kappa shape index (κ3) is 1.16. The van der Waals surface area contributed by atoms with Crippen molar-refractivity contribution in [1.29, 1.82) is 0 Å². The van der Waals surface area contributed by atoms with E-state index in [1.165, 1.54) is 0 Å². The lowest BCUT2D eigenvalue weighted by atomic mass is 9.93. The van der Waals surface area contributed by atoms with Gasteiger partial charge in [-0.3, -0.25) is 9.59 Å². The van der Waals surface area contributed by atoms with E-state index in [2.05, 4.69) is 0 Å². The summed E-state index contributed by atoms with van der Waals surface area (Å²) in [7, 11) is 0. The van der Waals surface area contributed by atoms with E-state index in [4.69, 9.17) is 0 Å². The number of amides is 2. The molecule has 1 spiro atoms. The molecule has 0 N–H and O–H groups in total. The summed E-state index contributed by atoms with van der Waals surface area (Å²) in [6.45, 7) is 9.17. The van der Waals surface area contributed by atoms with Gasteiger partial charge in [0, 0.05) is 13.1 Å². The maximum absolute atomic E-state index is 12.3. The third-order valence-electron chi connectivity index (χ3n) is 4.01. The van der Waals surface area contributed by atoms with Crippen molar-refractivity contribution in [2.45, 2.75) is 46.2 Å². The molecule has 1 heterocycles.